The minimum Gasteiger partial charge on any atom is -0.482 e. The lowest BCUT2D eigenvalue weighted by atomic mass is 10.1. The molecule has 1 N–H and O–H groups in total. The van der Waals surface area contributed by atoms with Crippen molar-refractivity contribution in [2.75, 3.05) is 16.8 Å². The zero-order chi connectivity index (χ0) is 18.0. The second kappa shape index (κ2) is 7.33. The standard InChI is InChI=1S/C18H16Cl2N2O3/c1-11-8-17(23)21-14-4-2-3-5-15(14)22(11)18(24)10-25-16-7-6-12(19)9-13(16)20/h2-7,9,11H,8,10H2,1H3,(H,21,23)/t11-/m0/s1. The quantitative estimate of drug-likeness (QED) is 0.872. The van der Waals surface area contributed by atoms with E-state index in [1.807, 2.05) is 19.1 Å². The van der Waals surface area contributed by atoms with Crippen LogP contribution in [-0.4, -0.2) is 24.5 Å². The van der Waals surface area contributed by atoms with Gasteiger partial charge in [-0.05, 0) is 37.3 Å². The lowest BCUT2D eigenvalue weighted by Crippen LogP contribution is -2.41. The van der Waals surface area contributed by atoms with E-state index >= 15 is 0 Å². The van der Waals surface area contributed by atoms with E-state index in [2.05, 4.69) is 5.32 Å². The highest BCUT2D eigenvalue weighted by atomic mass is 35.5. The molecule has 1 aliphatic heterocycles. The zero-order valence-electron chi connectivity index (χ0n) is 13.5. The number of fused-ring (bicyclic) bond motifs is 1. The second-order valence-electron chi connectivity index (χ2n) is 5.75. The first-order chi connectivity index (χ1) is 12.0. The highest BCUT2D eigenvalue weighted by Crippen LogP contribution is 2.32. The molecule has 0 unspecified atom stereocenters. The van der Waals surface area contributed by atoms with E-state index < -0.39 is 0 Å². The molecule has 0 spiro atoms. The number of benzene rings is 2. The number of hydrogen-bond donors (Lipinski definition) is 1. The maximum Gasteiger partial charge on any atom is 0.265 e. The first-order valence-corrected chi connectivity index (χ1v) is 8.50. The van der Waals surface area contributed by atoms with Crippen molar-refractivity contribution >= 4 is 46.4 Å². The Hall–Kier alpha value is -2.24. The fourth-order valence-corrected chi connectivity index (χ4v) is 3.23. The van der Waals surface area contributed by atoms with Gasteiger partial charge in [0.2, 0.25) is 5.91 Å². The number of para-hydroxylation sites is 2. The number of carbonyl (C=O) groups excluding carboxylic acids is 2. The van der Waals surface area contributed by atoms with Gasteiger partial charge in [0.25, 0.3) is 5.91 Å². The molecule has 0 aliphatic carbocycles. The Labute approximate surface area is 155 Å². The van der Waals surface area contributed by atoms with Crippen molar-refractivity contribution in [3.05, 3.63) is 52.5 Å². The molecule has 1 heterocycles. The molecular formula is C18H16Cl2N2O3. The summed E-state index contributed by atoms with van der Waals surface area (Å²) in [6.45, 7) is 1.63. The van der Waals surface area contributed by atoms with Crippen LogP contribution in [-0.2, 0) is 9.59 Å². The summed E-state index contributed by atoms with van der Waals surface area (Å²) < 4.78 is 5.55. The van der Waals surface area contributed by atoms with Gasteiger partial charge in [0.15, 0.2) is 6.61 Å². The van der Waals surface area contributed by atoms with Gasteiger partial charge < -0.3 is 15.0 Å². The molecule has 2 amide bonds. The number of amides is 2. The average molecular weight is 379 g/mol. The topological polar surface area (TPSA) is 58.6 Å². The van der Waals surface area contributed by atoms with Gasteiger partial charge in [0, 0.05) is 17.5 Å². The lowest BCUT2D eigenvalue weighted by Gasteiger charge is -2.27. The van der Waals surface area contributed by atoms with Crippen LogP contribution >= 0.6 is 23.2 Å². The van der Waals surface area contributed by atoms with Crippen LogP contribution in [0.5, 0.6) is 5.75 Å². The number of carbonyl (C=O) groups is 2. The van der Waals surface area contributed by atoms with Gasteiger partial charge in [-0.2, -0.15) is 0 Å². The molecule has 0 aromatic heterocycles. The Morgan fingerprint density at radius 1 is 1.28 bits per heavy atom. The van der Waals surface area contributed by atoms with Gasteiger partial charge in [0.05, 0.1) is 16.4 Å². The smallest absolute Gasteiger partial charge is 0.265 e. The van der Waals surface area contributed by atoms with Crippen LogP contribution in [0.4, 0.5) is 11.4 Å². The summed E-state index contributed by atoms with van der Waals surface area (Å²) in [6, 6.07) is 11.7. The van der Waals surface area contributed by atoms with Crippen LogP contribution in [0.1, 0.15) is 13.3 Å². The number of halogens is 2. The number of rotatable bonds is 3. The summed E-state index contributed by atoms with van der Waals surface area (Å²) in [5.41, 5.74) is 1.26. The van der Waals surface area contributed by atoms with Gasteiger partial charge in [-0.25, -0.2) is 0 Å². The SMILES string of the molecule is C[C@H]1CC(=O)Nc2ccccc2N1C(=O)COc1ccc(Cl)cc1Cl. The van der Waals surface area contributed by atoms with Gasteiger partial charge in [-0.1, -0.05) is 35.3 Å². The van der Waals surface area contributed by atoms with Crippen molar-refractivity contribution in [2.45, 2.75) is 19.4 Å². The minimum absolute atomic E-state index is 0.128. The predicted octanol–water partition coefficient (Wildman–Crippen LogP) is 4.14. The molecule has 1 aliphatic rings. The third-order valence-corrected chi connectivity index (χ3v) is 4.40. The minimum atomic E-state index is -0.291. The Kier molecular flexibility index (Phi) is 5.16. The normalized spacial score (nSPS) is 16.7. The van der Waals surface area contributed by atoms with E-state index in [1.54, 1.807) is 35.2 Å². The number of anilines is 2. The first kappa shape index (κ1) is 17.6. The van der Waals surface area contributed by atoms with Crippen LogP contribution in [0.25, 0.3) is 0 Å². The molecule has 0 saturated carbocycles. The van der Waals surface area contributed by atoms with Crippen molar-refractivity contribution in [2.24, 2.45) is 0 Å². The lowest BCUT2D eigenvalue weighted by molar-refractivity contribution is -0.121. The van der Waals surface area contributed by atoms with E-state index in [0.717, 1.165) is 0 Å². The largest absolute Gasteiger partial charge is 0.482 e. The average Bonchev–Trinajstić information content (AvgIpc) is 2.68. The summed E-state index contributed by atoms with van der Waals surface area (Å²) in [6.07, 6.45) is 0.210. The third-order valence-electron chi connectivity index (χ3n) is 3.87. The molecular weight excluding hydrogens is 363 g/mol. The number of hydrogen-bond acceptors (Lipinski definition) is 3. The number of ether oxygens (including phenoxy) is 1. The van der Waals surface area contributed by atoms with Crippen LogP contribution in [0.15, 0.2) is 42.5 Å². The highest BCUT2D eigenvalue weighted by molar-refractivity contribution is 6.35. The number of nitrogens with zero attached hydrogens (tertiary/aromatic N) is 1. The summed E-state index contributed by atoms with van der Waals surface area (Å²) in [4.78, 5) is 26.3. The molecule has 0 radical (unpaired) electrons. The fourth-order valence-electron chi connectivity index (χ4n) is 2.77. The Morgan fingerprint density at radius 3 is 2.80 bits per heavy atom. The molecule has 3 rings (SSSR count). The van der Waals surface area contributed by atoms with Crippen molar-refractivity contribution in [3.8, 4) is 5.75 Å². The molecule has 0 fully saturated rings. The van der Waals surface area contributed by atoms with E-state index in [-0.39, 0.29) is 30.9 Å². The predicted molar refractivity (Wildman–Crippen MR) is 98.6 cm³/mol. The molecule has 1 atom stereocenters. The van der Waals surface area contributed by atoms with Crippen molar-refractivity contribution in [1.82, 2.24) is 0 Å². The Bertz CT molecular complexity index is 826. The molecule has 7 heteroatoms. The van der Waals surface area contributed by atoms with Crippen molar-refractivity contribution in [1.29, 1.82) is 0 Å². The monoisotopic (exact) mass is 378 g/mol. The van der Waals surface area contributed by atoms with E-state index in [4.69, 9.17) is 27.9 Å². The zero-order valence-corrected chi connectivity index (χ0v) is 15.0. The van der Waals surface area contributed by atoms with Crippen LogP contribution in [0.3, 0.4) is 0 Å². The van der Waals surface area contributed by atoms with E-state index in [1.165, 1.54) is 0 Å². The van der Waals surface area contributed by atoms with Gasteiger partial charge in [0.1, 0.15) is 5.75 Å². The van der Waals surface area contributed by atoms with Crippen LogP contribution in [0.2, 0.25) is 10.0 Å². The van der Waals surface area contributed by atoms with Gasteiger partial charge in [-0.15, -0.1) is 0 Å². The Morgan fingerprint density at radius 2 is 2.04 bits per heavy atom. The molecule has 5 nitrogen and oxygen atoms in total. The van der Waals surface area contributed by atoms with E-state index in [0.29, 0.717) is 27.2 Å². The van der Waals surface area contributed by atoms with Crippen LogP contribution < -0.4 is 15.0 Å². The molecule has 0 bridgehead atoms. The second-order valence-corrected chi connectivity index (χ2v) is 6.59. The summed E-state index contributed by atoms with van der Waals surface area (Å²) in [7, 11) is 0. The van der Waals surface area contributed by atoms with Gasteiger partial charge in [-0.3, -0.25) is 9.59 Å². The molecule has 0 saturated heterocycles. The van der Waals surface area contributed by atoms with Crippen LogP contribution in [0, 0.1) is 0 Å². The molecule has 25 heavy (non-hydrogen) atoms. The number of nitrogens with one attached hydrogen (secondary N) is 1. The Balaban J connectivity index is 1.81. The molecule has 2 aromatic carbocycles. The van der Waals surface area contributed by atoms with Crippen molar-refractivity contribution in [3.63, 3.8) is 0 Å². The summed E-state index contributed by atoms with van der Waals surface area (Å²) in [5, 5.41) is 3.64. The highest BCUT2D eigenvalue weighted by Gasteiger charge is 2.29. The first-order valence-electron chi connectivity index (χ1n) is 7.74. The molecule has 2 aromatic rings. The maximum absolute atomic E-state index is 12.8. The molecule has 130 valence electrons. The summed E-state index contributed by atoms with van der Waals surface area (Å²) in [5.74, 6) is -0.0104. The fraction of sp³-hybridized carbons (Fsp3) is 0.222. The van der Waals surface area contributed by atoms with E-state index in [9.17, 15) is 9.59 Å². The summed E-state index contributed by atoms with van der Waals surface area (Å²) >= 11 is 11.9. The maximum atomic E-state index is 12.8. The third kappa shape index (κ3) is 3.89. The van der Waals surface area contributed by atoms with Gasteiger partial charge >= 0.3 is 0 Å². The van der Waals surface area contributed by atoms with Crippen molar-refractivity contribution < 1.29 is 14.3 Å².